The topological polar surface area (TPSA) is 63.4 Å². The maximum absolute atomic E-state index is 11.9. The Balaban J connectivity index is 2.26. The third kappa shape index (κ3) is 2.72. The molecule has 0 aliphatic carbocycles. The SMILES string of the molecule is Nc1cccc(Br)c1CN1C(=O)CCCCC1=O. The number of carbonyl (C=O) groups is 2. The van der Waals surface area contributed by atoms with Gasteiger partial charge in [0.25, 0.3) is 0 Å². The molecule has 1 aromatic rings. The molecule has 0 unspecified atom stereocenters. The summed E-state index contributed by atoms with van der Waals surface area (Å²) in [5.41, 5.74) is 7.27. The molecule has 2 N–H and O–H groups in total. The van der Waals surface area contributed by atoms with Crippen LogP contribution in [0.1, 0.15) is 31.2 Å². The highest BCUT2D eigenvalue weighted by Crippen LogP contribution is 2.25. The zero-order chi connectivity index (χ0) is 13.1. The molecular formula is C13H15BrN2O2. The lowest BCUT2D eigenvalue weighted by atomic mass is 10.1. The van der Waals surface area contributed by atoms with E-state index in [-0.39, 0.29) is 18.4 Å². The van der Waals surface area contributed by atoms with Gasteiger partial charge in [-0.25, -0.2) is 0 Å². The van der Waals surface area contributed by atoms with Crippen molar-refractivity contribution in [3.63, 3.8) is 0 Å². The van der Waals surface area contributed by atoms with Crippen LogP contribution < -0.4 is 5.73 Å². The van der Waals surface area contributed by atoms with E-state index >= 15 is 0 Å². The molecule has 0 saturated carbocycles. The molecule has 0 atom stereocenters. The second kappa shape index (κ2) is 5.52. The number of benzene rings is 1. The molecule has 0 radical (unpaired) electrons. The molecule has 4 nitrogen and oxygen atoms in total. The van der Waals surface area contributed by atoms with Gasteiger partial charge in [0.05, 0.1) is 6.54 Å². The first-order valence-corrected chi connectivity index (χ1v) is 6.75. The van der Waals surface area contributed by atoms with E-state index < -0.39 is 0 Å². The average Bonchev–Trinajstić information content (AvgIpc) is 2.48. The van der Waals surface area contributed by atoms with Crippen LogP contribution in [0.15, 0.2) is 22.7 Å². The van der Waals surface area contributed by atoms with Crippen molar-refractivity contribution in [2.24, 2.45) is 0 Å². The van der Waals surface area contributed by atoms with E-state index in [9.17, 15) is 9.59 Å². The van der Waals surface area contributed by atoms with Crippen molar-refractivity contribution in [2.45, 2.75) is 32.2 Å². The van der Waals surface area contributed by atoms with Gasteiger partial charge >= 0.3 is 0 Å². The molecule has 1 heterocycles. The fourth-order valence-electron chi connectivity index (χ4n) is 2.04. The van der Waals surface area contributed by atoms with Gasteiger partial charge in [0, 0.05) is 28.6 Å². The zero-order valence-corrected chi connectivity index (χ0v) is 11.6. The third-order valence-electron chi connectivity index (χ3n) is 3.10. The van der Waals surface area contributed by atoms with E-state index in [0.29, 0.717) is 18.5 Å². The van der Waals surface area contributed by atoms with Crippen LogP contribution in [0.2, 0.25) is 0 Å². The maximum Gasteiger partial charge on any atom is 0.229 e. The molecule has 18 heavy (non-hydrogen) atoms. The summed E-state index contributed by atoms with van der Waals surface area (Å²) in [6.07, 6.45) is 2.45. The van der Waals surface area contributed by atoms with Gasteiger partial charge in [0.1, 0.15) is 0 Å². The minimum absolute atomic E-state index is 0.104. The van der Waals surface area contributed by atoms with Crippen LogP contribution in [0, 0.1) is 0 Å². The molecule has 0 spiro atoms. The number of rotatable bonds is 2. The highest BCUT2D eigenvalue weighted by molar-refractivity contribution is 9.10. The van der Waals surface area contributed by atoms with Crippen LogP contribution in [-0.4, -0.2) is 16.7 Å². The van der Waals surface area contributed by atoms with Crippen LogP contribution >= 0.6 is 15.9 Å². The molecule has 1 fully saturated rings. The lowest BCUT2D eigenvalue weighted by molar-refractivity contribution is -0.144. The Hall–Kier alpha value is -1.36. The van der Waals surface area contributed by atoms with Crippen molar-refractivity contribution in [1.82, 2.24) is 4.90 Å². The molecule has 5 heteroatoms. The van der Waals surface area contributed by atoms with E-state index in [2.05, 4.69) is 15.9 Å². The smallest absolute Gasteiger partial charge is 0.229 e. The van der Waals surface area contributed by atoms with Gasteiger partial charge in [-0.3, -0.25) is 14.5 Å². The summed E-state index contributed by atoms with van der Waals surface area (Å²) in [7, 11) is 0. The number of imide groups is 1. The molecule has 2 rings (SSSR count). The first kappa shape index (κ1) is 13.1. The summed E-state index contributed by atoms with van der Waals surface area (Å²) in [4.78, 5) is 25.1. The molecular weight excluding hydrogens is 296 g/mol. The van der Waals surface area contributed by atoms with Crippen molar-refractivity contribution in [3.8, 4) is 0 Å². The van der Waals surface area contributed by atoms with Crippen molar-refractivity contribution in [2.75, 3.05) is 5.73 Å². The van der Waals surface area contributed by atoms with Gasteiger partial charge in [0.15, 0.2) is 0 Å². The number of halogens is 1. The van der Waals surface area contributed by atoms with Gasteiger partial charge < -0.3 is 5.73 Å². The predicted molar refractivity (Wildman–Crippen MR) is 72.6 cm³/mol. The van der Waals surface area contributed by atoms with Gasteiger partial charge in [0.2, 0.25) is 11.8 Å². The van der Waals surface area contributed by atoms with Crippen molar-refractivity contribution < 1.29 is 9.59 Å². The monoisotopic (exact) mass is 310 g/mol. The molecule has 2 amide bonds. The van der Waals surface area contributed by atoms with Gasteiger partial charge in [-0.1, -0.05) is 22.0 Å². The number of nitrogens with two attached hydrogens (primary N) is 1. The summed E-state index contributed by atoms with van der Waals surface area (Å²) in [5.74, 6) is -0.208. The number of amides is 2. The van der Waals surface area contributed by atoms with Crippen LogP contribution in [0.25, 0.3) is 0 Å². The van der Waals surface area contributed by atoms with Gasteiger partial charge in [-0.2, -0.15) is 0 Å². The molecule has 1 aliphatic rings. The Bertz CT molecular complexity index is 450. The molecule has 0 aromatic heterocycles. The Morgan fingerprint density at radius 2 is 1.78 bits per heavy atom. The first-order chi connectivity index (χ1) is 8.59. The Kier molecular flexibility index (Phi) is 4.01. The quantitative estimate of drug-likeness (QED) is 0.674. The predicted octanol–water partition coefficient (Wildman–Crippen LogP) is 2.46. The van der Waals surface area contributed by atoms with E-state index in [1.165, 1.54) is 4.90 Å². The number of hydrogen-bond donors (Lipinski definition) is 1. The number of nitrogens with zero attached hydrogens (tertiary/aromatic N) is 1. The van der Waals surface area contributed by atoms with Gasteiger partial charge in [-0.05, 0) is 25.0 Å². The summed E-state index contributed by atoms with van der Waals surface area (Å²) in [6.45, 7) is 0.255. The number of carbonyl (C=O) groups excluding carboxylic acids is 2. The molecule has 1 aliphatic heterocycles. The number of anilines is 1. The Morgan fingerprint density at radius 1 is 1.17 bits per heavy atom. The van der Waals surface area contributed by atoms with Crippen LogP contribution in [0.4, 0.5) is 5.69 Å². The number of hydrogen-bond acceptors (Lipinski definition) is 3. The highest BCUT2D eigenvalue weighted by atomic mass is 79.9. The third-order valence-corrected chi connectivity index (χ3v) is 3.85. The molecule has 1 aromatic carbocycles. The minimum atomic E-state index is -0.104. The van der Waals surface area contributed by atoms with Crippen LogP contribution in [-0.2, 0) is 16.1 Å². The standard InChI is InChI=1S/C13H15BrN2O2/c14-10-4-3-5-11(15)9(10)8-16-12(17)6-1-2-7-13(16)18/h3-5H,1-2,6-8,15H2. The van der Waals surface area contributed by atoms with Crippen LogP contribution in [0.5, 0.6) is 0 Å². The first-order valence-electron chi connectivity index (χ1n) is 5.95. The zero-order valence-electron chi connectivity index (χ0n) is 9.99. The summed E-state index contributed by atoms with van der Waals surface area (Å²) >= 11 is 3.40. The highest BCUT2D eigenvalue weighted by Gasteiger charge is 2.25. The van der Waals surface area contributed by atoms with E-state index in [1.807, 2.05) is 12.1 Å². The minimum Gasteiger partial charge on any atom is -0.398 e. The Morgan fingerprint density at radius 3 is 2.33 bits per heavy atom. The average molecular weight is 311 g/mol. The molecule has 96 valence electrons. The Labute approximate surface area is 114 Å². The summed E-state index contributed by atoms with van der Waals surface area (Å²) in [5, 5.41) is 0. The fourth-order valence-corrected chi connectivity index (χ4v) is 2.54. The van der Waals surface area contributed by atoms with Gasteiger partial charge in [-0.15, -0.1) is 0 Å². The van der Waals surface area contributed by atoms with Crippen molar-refractivity contribution in [3.05, 3.63) is 28.2 Å². The normalized spacial score (nSPS) is 16.8. The van der Waals surface area contributed by atoms with E-state index in [1.54, 1.807) is 6.07 Å². The van der Waals surface area contributed by atoms with E-state index in [0.717, 1.165) is 22.9 Å². The summed E-state index contributed by atoms with van der Waals surface area (Å²) in [6, 6.07) is 5.46. The number of likely N-dealkylation sites (tertiary alicyclic amines) is 1. The van der Waals surface area contributed by atoms with Crippen LogP contribution in [0.3, 0.4) is 0 Å². The second-order valence-corrected chi connectivity index (χ2v) is 5.24. The second-order valence-electron chi connectivity index (χ2n) is 4.39. The van der Waals surface area contributed by atoms with Crippen molar-refractivity contribution >= 4 is 33.4 Å². The number of nitrogen functional groups attached to an aromatic ring is 1. The molecule has 1 saturated heterocycles. The summed E-state index contributed by atoms with van der Waals surface area (Å²) < 4.78 is 0.826. The van der Waals surface area contributed by atoms with E-state index in [4.69, 9.17) is 5.73 Å². The lowest BCUT2D eigenvalue weighted by Crippen LogP contribution is -2.34. The fraction of sp³-hybridized carbons (Fsp3) is 0.385. The maximum atomic E-state index is 11.9. The lowest BCUT2D eigenvalue weighted by Gasteiger charge is -2.20. The van der Waals surface area contributed by atoms with Crippen molar-refractivity contribution in [1.29, 1.82) is 0 Å². The molecule has 0 bridgehead atoms. The largest absolute Gasteiger partial charge is 0.398 e.